The Morgan fingerprint density at radius 1 is 1.35 bits per heavy atom. The van der Waals surface area contributed by atoms with Crippen molar-refractivity contribution in [3.63, 3.8) is 0 Å². The van der Waals surface area contributed by atoms with Crippen molar-refractivity contribution in [3.8, 4) is 5.75 Å². The number of aryl methyl sites for hydroxylation is 2. The van der Waals surface area contributed by atoms with Crippen molar-refractivity contribution < 1.29 is 9.53 Å². The summed E-state index contributed by atoms with van der Waals surface area (Å²) < 4.78 is 5.32. The maximum Gasteiger partial charge on any atom is 0.228 e. The summed E-state index contributed by atoms with van der Waals surface area (Å²) in [6.07, 6.45) is 0.521. The smallest absolute Gasteiger partial charge is 0.228 e. The molecule has 1 saturated heterocycles. The van der Waals surface area contributed by atoms with Crippen LogP contribution in [0, 0.1) is 13.8 Å². The Morgan fingerprint density at radius 2 is 1.94 bits per heavy atom. The second kappa shape index (κ2) is 4.61. The normalized spacial score (nSPS) is 19.9. The number of ether oxygens (including phenoxy) is 1. The minimum Gasteiger partial charge on any atom is -0.496 e. The molecule has 17 heavy (non-hydrogen) atoms. The Balaban J connectivity index is 2.37. The van der Waals surface area contributed by atoms with Crippen LogP contribution in [0.4, 0.5) is 5.69 Å². The quantitative estimate of drug-likeness (QED) is 0.818. The fraction of sp³-hybridized carbons (Fsp3) is 0.462. The molecule has 0 aromatic heterocycles. The lowest BCUT2D eigenvalue weighted by atomic mass is 10.1. The number of carbonyl (C=O) groups excluding carboxylic acids is 1. The number of thiol groups is 1. The van der Waals surface area contributed by atoms with Gasteiger partial charge in [-0.25, -0.2) is 0 Å². The van der Waals surface area contributed by atoms with Gasteiger partial charge in [0.25, 0.3) is 0 Å². The molecule has 2 rings (SSSR count). The van der Waals surface area contributed by atoms with E-state index >= 15 is 0 Å². The van der Waals surface area contributed by atoms with Crippen LogP contribution in [0.2, 0.25) is 0 Å². The molecule has 0 N–H and O–H groups in total. The number of benzene rings is 1. The number of carbonyl (C=O) groups is 1. The van der Waals surface area contributed by atoms with E-state index in [1.807, 2.05) is 26.0 Å². The predicted molar refractivity (Wildman–Crippen MR) is 72.2 cm³/mol. The van der Waals surface area contributed by atoms with E-state index in [1.165, 1.54) is 0 Å². The molecular formula is C13H17NO2S. The zero-order valence-corrected chi connectivity index (χ0v) is 11.3. The van der Waals surface area contributed by atoms with Crippen molar-refractivity contribution in [2.45, 2.75) is 25.5 Å². The molecule has 1 aromatic rings. The maximum absolute atomic E-state index is 11.8. The number of anilines is 1. The highest BCUT2D eigenvalue weighted by molar-refractivity contribution is 7.81. The molecule has 1 aromatic carbocycles. The fourth-order valence-corrected chi connectivity index (χ4v) is 2.66. The van der Waals surface area contributed by atoms with Crippen LogP contribution in [0.25, 0.3) is 0 Å². The highest BCUT2D eigenvalue weighted by Gasteiger charge is 2.28. The number of hydrogen-bond acceptors (Lipinski definition) is 3. The summed E-state index contributed by atoms with van der Waals surface area (Å²) in [7, 11) is 1.67. The average molecular weight is 251 g/mol. The van der Waals surface area contributed by atoms with Gasteiger partial charge in [-0.1, -0.05) is 0 Å². The topological polar surface area (TPSA) is 29.5 Å². The van der Waals surface area contributed by atoms with Gasteiger partial charge in [-0.2, -0.15) is 12.6 Å². The van der Waals surface area contributed by atoms with E-state index < -0.39 is 0 Å². The van der Waals surface area contributed by atoms with Crippen molar-refractivity contribution in [3.05, 3.63) is 23.3 Å². The van der Waals surface area contributed by atoms with E-state index in [-0.39, 0.29) is 11.2 Å². The van der Waals surface area contributed by atoms with Gasteiger partial charge in [0.2, 0.25) is 5.91 Å². The number of methoxy groups -OCH3 is 1. The van der Waals surface area contributed by atoms with E-state index in [9.17, 15) is 4.79 Å². The Kier molecular flexibility index (Phi) is 3.33. The maximum atomic E-state index is 11.8. The van der Waals surface area contributed by atoms with Crippen molar-refractivity contribution >= 4 is 24.2 Å². The molecule has 4 heteroatoms. The molecule has 1 atom stereocenters. The molecule has 0 aliphatic carbocycles. The lowest BCUT2D eigenvalue weighted by molar-refractivity contribution is -0.117. The SMILES string of the molecule is COc1c(C)cc(N2CC(S)CC2=O)cc1C. The first-order valence-corrected chi connectivity index (χ1v) is 6.18. The summed E-state index contributed by atoms with van der Waals surface area (Å²) >= 11 is 4.36. The zero-order chi connectivity index (χ0) is 12.6. The molecule has 1 heterocycles. The number of amides is 1. The minimum atomic E-state index is 0.144. The summed E-state index contributed by atoms with van der Waals surface area (Å²) in [6.45, 7) is 4.68. The van der Waals surface area contributed by atoms with E-state index in [0.29, 0.717) is 13.0 Å². The number of rotatable bonds is 2. The van der Waals surface area contributed by atoms with E-state index in [0.717, 1.165) is 22.6 Å². The van der Waals surface area contributed by atoms with Crippen LogP contribution in [-0.2, 0) is 4.79 Å². The lowest BCUT2D eigenvalue weighted by Crippen LogP contribution is -2.24. The molecule has 1 aliphatic rings. The number of nitrogens with zero attached hydrogens (tertiary/aromatic N) is 1. The molecule has 0 spiro atoms. The highest BCUT2D eigenvalue weighted by Crippen LogP contribution is 2.31. The first kappa shape index (κ1) is 12.3. The third kappa shape index (κ3) is 2.27. The van der Waals surface area contributed by atoms with Gasteiger partial charge in [0.15, 0.2) is 0 Å². The van der Waals surface area contributed by atoms with Crippen molar-refractivity contribution in [2.24, 2.45) is 0 Å². The molecule has 3 nitrogen and oxygen atoms in total. The molecule has 1 unspecified atom stereocenters. The van der Waals surface area contributed by atoms with E-state index in [2.05, 4.69) is 12.6 Å². The average Bonchev–Trinajstić information content (AvgIpc) is 2.57. The first-order valence-electron chi connectivity index (χ1n) is 5.66. The molecule has 0 saturated carbocycles. The summed E-state index contributed by atoms with van der Waals surface area (Å²) in [4.78, 5) is 13.6. The fourth-order valence-electron chi connectivity index (χ4n) is 2.34. The summed E-state index contributed by atoms with van der Waals surface area (Å²) in [6, 6.07) is 3.99. The number of hydrogen-bond donors (Lipinski definition) is 1. The van der Waals surface area contributed by atoms with Crippen molar-refractivity contribution in [1.82, 2.24) is 0 Å². The van der Waals surface area contributed by atoms with Gasteiger partial charge in [-0.3, -0.25) is 4.79 Å². The van der Waals surface area contributed by atoms with Crippen molar-refractivity contribution in [2.75, 3.05) is 18.6 Å². The molecule has 0 radical (unpaired) electrons. The van der Waals surface area contributed by atoms with Gasteiger partial charge in [0.05, 0.1) is 7.11 Å². The zero-order valence-electron chi connectivity index (χ0n) is 10.4. The van der Waals surface area contributed by atoms with Gasteiger partial charge < -0.3 is 9.64 Å². The van der Waals surface area contributed by atoms with Crippen LogP contribution < -0.4 is 9.64 Å². The van der Waals surface area contributed by atoms with Crippen LogP contribution in [-0.4, -0.2) is 24.8 Å². The van der Waals surface area contributed by atoms with E-state index in [4.69, 9.17) is 4.74 Å². The third-order valence-corrected chi connectivity index (χ3v) is 3.41. The minimum absolute atomic E-state index is 0.144. The molecular weight excluding hydrogens is 234 g/mol. The van der Waals surface area contributed by atoms with Gasteiger partial charge in [-0.05, 0) is 37.1 Å². The van der Waals surface area contributed by atoms with E-state index in [1.54, 1.807) is 12.0 Å². The second-order valence-corrected chi connectivity index (χ2v) is 5.21. The van der Waals surface area contributed by atoms with Crippen LogP contribution in [0.15, 0.2) is 12.1 Å². The molecule has 0 bridgehead atoms. The Hall–Kier alpha value is -1.16. The summed E-state index contributed by atoms with van der Waals surface area (Å²) in [5.41, 5.74) is 3.05. The Labute approximate surface area is 107 Å². The Morgan fingerprint density at radius 3 is 2.35 bits per heavy atom. The van der Waals surface area contributed by atoms with Crippen LogP contribution >= 0.6 is 12.6 Å². The van der Waals surface area contributed by atoms with Crippen LogP contribution in [0.5, 0.6) is 5.75 Å². The van der Waals surface area contributed by atoms with Gasteiger partial charge in [-0.15, -0.1) is 0 Å². The standard InChI is InChI=1S/C13H17NO2S/c1-8-4-10(5-9(2)13(8)16-3)14-7-11(17)6-12(14)15/h4-5,11,17H,6-7H2,1-3H3. The van der Waals surface area contributed by atoms with Crippen LogP contribution in [0.1, 0.15) is 17.5 Å². The largest absolute Gasteiger partial charge is 0.496 e. The van der Waals surface area contributed by atoms with Crippen molar-refractivity contribution in [1.29, 1.82) is 0 Å². The van der Waals surface area contributed by atoms with Gasteiger partial charge in [0, 0.05) is 23.9 Å². The monoisotopic (exact) mass is 251 g/mol. The summed E-state index contributed by atoms with van der Waals surface area (Å²) in [5.74, 6) is 1.04. The third-order valence-electron chi connectivity index (χ3n) is 3.07. The van der Waals surface area contributed by atoms with Gasteiger partial charge in [0.1, 0.15) is 5.75 Å². The van der Waals surface area contributed by atoms with Crippen LogP contribution in [0.3, 0.4) is 0 Å². The predicted octanol–water partition coefficient (Wildman–Crippen LogP) is 2.35. The molecule has 1 aliphatic heterocycles. The summed E-state index contributed by atoms with van der Waals surface area (Å²) in [5, 5.41) is 0.144. The first-order chi connectivity index (χ1) is 8.02. The molecule has 1 amide bonds. The highest BCUT2D eigenvalue weighted by atomic mass is 32.1. The lowest BCUT2D eigenvalue weighted by Gasteiger charge is -2.19. The Bertz CT molecular complexity index is 436. The molecule has 1 fully saturated rings. The second-order valence-electron chi connectivity index (χ2n) is 4.48. The molecule has 92 valence electrons. The van der Waals surface area contributed by atoms with Gasteiger partial charge >= 0.3 is 0 Å².